The van der Waals surface area contributed by atoms with Gasteiger partial charge in [0.2, 0.25) is 0 Å². The monoisotopic (exact) mass is 1000 g/mol. The number of para-hydroxylation sites is 2. The van der Waals surface area contributed by atoms with E-state index in [9.17, 15) is 5.11 Å². The third kappa shape index (κ3) is 8.58. The molecule has 0 bridgehead atoms. The molecule has 0 atom stereocenters. The molecule has 0 unspecified atom stereocenters. The molecule has 9 aromatic rings. The molecular formula is C58H52N3OPt-. The summed E-state index contributed by atoms with van der Waals surface area (Å²) in [5.41, 5.74) is 15.8. The Labute approximate surface area is 389 Å². The minimum atomic E-state index is -0.876. The molecule has 63 heavy (non-hydrogen) atoms. The summed E-state index contributed by atoms with van der Waals surface area (Å²) in [4.78, 5) is 10.3. The summed E-state index contributed by atoms with van der Waals surface area (Å²) < 4.78 is 20.2. The van der Waals surface area contributed by atoms with Gasteiger partial charge in [-0.05, 0) is 98.1 Å². The van der Waals surface area contributed by atoms with E-state index in [1.165, 1.54) is 11.1 Å². The number of imidazole rings is 1. The zero-order valence-corrected chi connectivity index (χ0v) is 39.0. The Morgan fingerprint density at radius 2 is 1.16 bits per heavy atom. The van der Waals surface area contributed by atoms with Crippen LogP contribution in [-0.4, -0.2) is 19.6 Å². The number of benzene rings is 7. The molecule has 0 aliphatic heterocycles. The van der Waals surface area contributed by atoms with E-state index in [1.807, 2.05) is 76.4 Å². The van der Waals surface area contributed by atoms with Crippen molar-refractivity contribution in [3.63, 3.8) is 0 Å². The zero-order valence-electron chi connectivity index (χ0n) is 38.8. The third-order valence-corrected chi connectivity index (χ3v) is 11.8. The molecule has 0 aliphatic rings. The molecule has 0 radical (unpaired) electrons. The molecule has 0 spiro atoms. The maximum absolute atomic E-state index is 11.3. The number of aromatic hydroxyl groups is 1. The Hall–Kier alpha value is -6.35. The molecule has 316 valence electrons. The van der Waals surface area contributed by atoms with Crippen LogP contribution in [0.3, 0.4) is 0 Å². The summed E-state index contributed by atoms with van der Waals surface area (Å²) in [5, 5.41) is 11.3. The van der Waals surface area contributed by atoms with Crippen LogP contribution in [0.1, 0.15) is 79.7 Å². The average Bonchev–Trinajstić information content (AvgIpc) is 3.68. The van der Waals surface area contributed by atoms with Crippen molar-refractivity contribution >= 4 is 11.0 Å². The van der Waals surface area contributed by atoms with Crippen LogP contribution in [0.2, 0.25) is 0 Å². The van der Waals surface area contributed by atoms with Crippen LogP contribution in [0.4, 0.5) is 0 Å². The van der Waals surface area contributed by atoms with E-state index in [1.54, 1.807) is 6.07 Å². The Kier molecular flexibility index (Phi) is 11.5. The molecule has 7 aromatic carbocycles. The van der Waals surface area contributed by atoms with Crippen molar-refractivity contribution in [2.75, 3.05) is 0 Å². The fraction of sp³-hybridized carbons (Fsp3) is 0.172. The van der Waals surface area contributed by atoms with E-state index >= 15 is 0 Å². The predicted octanol–water partition coefficient (Wildman–Crippen LogP) is 15.5. The van der Waals surface area contributed by atoms with Crippen molar-refractivity contribution in [1.82, 2.24) is 14.5 Å². The Morgan fingerprint density at radius 3 is 1.81 bits per heavy atom. The van der Waals surface area contributed by atoms with Gasteiger partial charge in [0.05, 0.1) is 16.6 Å². The van der Waals surface area contributed by atoms with Gasteiger partial charge in [-0.15, -0.1) is 29.3 Å². The first-order valence-corrected chi connectivity index (χ1v) is 21.3. The first-order chi connectivity index (χ1) is 30.5. The Bertz CT molecular complexity index is 3120. The molecule has 4 nitrogen and oxygen atoms in total. The number of aromatic nitrogens is 3. The van der Waals surface area contributed by atoms with Crippen molar-refractivity contribution in [3.05, 3.63) is 193 Å². The van der Waals surface area contributed by atoms with E-state index in [-0.39, 0.29) is 32.2 Å². The van der Waals surface area contributed by atoms with Crippen molar-refractivity contribution < 1.29 is 28.9 Å². The van der Waals surface area contributed by atoms with Crippen LogP contribution in [0.15, 0.2) is 170 Å². The number of hydrogen-bond acceptors (Lipinski definition) is 3. The summed E-state index contributed by atoms with van der Waals surface area (Å²) in [6, 6.07) is 59.3. The Morgan fingerprint density at radius 1 is 0.587 bits per heavy atom. The van der Waals surface area contributed by atoms with Crippen LogP contribution < -0.4 is 0 Å². The first-order valence-electron chi connectivity index (χ1n) is 22.3. The second-order valence-corrected chi connectivity index (χ2v) is 17.6. The summed E-state index contributed by atoms with van der Waals surface area (Å²) in [6.45, 7) is 14.2. The number of rotatable bonds is 9. The fourth-order valence-electron chi connectivity index (χ4n) is 8.42. The second-order valence-electron chi connectivity index (χ2n) is 17.6. The third-order valence-electron chi connectivity index (χ3n) is 11.8. The number of phenols is 1. The molecule has 1 N–H and O–H groups in total. The topological polar surface area (TPSA) is 50.9 Å². The molecule has 0 saturated heterocycles. The number of pyridine rings is 1. The summed E-state index contributed by atoms with van der Waals surface area (Å²) in [6.07, 6.45) is 1.88. The molecule has 0 saturated carbocycles. The predicted molar refractivity (Wildman–Crippen MR) is 259 cm³/mol. The molecule has 0 aliphatic carbocycles. The number of nitrogens with zero attached hydrogens (tertiary/aromatic N) is 3. The van der Waals surface area contributed by atoms with Gasteiger partial charge in [0.1, 0.15) is 11.6 Å². The average molecular weight is 1000 g/mol. The fourth-order valence-corrected chi connectivity index (χ4v) is 8.42. The van der Waals surface area contributed by atoms with E-state index in [4.69, 9.17) is 12.7 Å². The molecule has 2 aromatic heterocycles. The largest absolute Gasteiger partial charge is 0.507 e. The van der Waals surface area contributed by atoms with Gasteiger partial charge in [0, 0.05) is 41.4 Å². The molecule has 5 heteroatoms. The minimum Gasteiger partial charge on any atom is -0.507 e. The van der Waals surface area contributed by atoms with Gasteiger partial charge in [-0.2, -0.15) is 0 Å². The van der Waals surface area contributed by atoms with E-state index in [0.29, 0.717) is 11.4 Å². The van der Waals surface area contributed by atoms with Crippen molar-refractivity contribution in [3.8, 4) is 78.6 Å². The maximum atomic E-state index is 11.3. The quantitative estimate of drug-likeness (QED) is 0.147. The zero-order chi connectivity index (χ0) is 45.0. The Balaban J connectivity index is 0.00000576. The van der Waals surface area contributed by atoms with Gasteiger partial charge >= 0.3 is 0 Å². The number of phenolic OH excluding ortho intramolecular Hbond substituents is 1. The van der Waals surface area contributed by atoms with Crippen LogP contribution in [0, 0.1) is 6.07 Å². The SMILES string of the molecule is [2H]C(C)(C)c1cccc(C([2H])(C)C)c1-c1ccc(-n2c(-c3ccccc3O)nc3c(-c4[c-]c(-c5cc(-c6ccc(-c7ccccc7)cc6)ccn5)cc(C(C)(C)C)c4)cccc32)cc1.[Pt]. The van der Waals surface area contributed by atoms with Crippen LogP contribution in [-0.2, 0) is 26.5 Å². The number of fused-ring (bicyclic) bond motifs is 1. The van der Waals surface area contributed by atoms with E-state index in [2.05, 4.69) is 147 Å². The van der Waals surface area contributed by atoms with Gasteiger partial charge < -0.3 is 5.11 Å². The summed E-state index contributed by atoms with van der Waals surface area (Å²) >= 11 is 0. The molecule has 9 rings (SSSR count). The van der Waals surface area contributed by atoms with Gasteiger partial charge in [-0.25, -0.2) is 4.98 Å². The van der Waals surface area contributed by atoms with E-state index in [0.717, 1.165) is 78.0 Å². The van der Waals surface area contributed by atoms with Gasteiger partial charge in [-0.1, -0.05) is 175 Å². The van der Waals surface area contributed by atoms with Crippen LogP contribution in [0.5, 0.6) is 5.75 Å². The standard InChI is InChI=1S/C58H52N3O.Pt/c1-37(2)48-18-13-19-49(38(3)4)55(48)42-27-29-47(30-28-42)61-53-21-14-20-50(56(53)60-57(61)51-17-11-12-22-54(51)62)44-33-45(35-46(34-44)58(5,6)7)52-36-43(31-32-59-52)41-25-23-40(24-26-41)39-15-9-8-10-16-39;/h8-32,34-38,62H,1-7H3;/q-1;/i37D,38D;. The van der Waals surface area contributed by atoms with Crippen LogP contribution in [0.25, 0.3) is 83.9 Å². The smallest absolute Gasteiger partial charge is 0.148 e. The van der Waals surface area contributed by atoms with Crippen molar-refractivity contribution in [2.45, 2.75) is 65.7 Å². The normalized spacial score (nSPS) is 12.4. The summed E-state index contributed by atoms with van der Waals surface area (Å²) in [7, 11) is 0. The van der Waals surface area contributed by atoms with Gasteiger partial charge in [-0.3, -0.25) is 9.55 Å². The van der Waals surface area contributed by atoms with E-state index < -0.39 is 11.8 Å². The molecule has 0 amide bonds. The van der Waals surface area contributed by atoms with Crippen molar-refractivity contribution in [1.29, 1.82) is 0 Å². The van der Waals surface area contributed by atoms with Crippen molar-refractivity contribution in [2.24, 2.45) is 0 Å². The van der Waals surface area contributed by atoms with Crippen LogP contribution >= 0.6 is 0 Å². The molecule has 2 heterocycles. The number of hydrogen-bond donors (Lipinski definition) is 1. The van der Waals surface area contributed by atoms with Gasteiger partial charge in [0.25, 0.3) is 0 Å². The molecule has 0 fully saturated rings. The first kappa shape index (κ1) is 40.7. The summed E-state index contributed by atoms with van der Waals surface area (Å²) in [5.74, 6) is -1.01. The second kappa shape index (κ2) is 17.8. The molecular weight excluding hydrogens is 950 g/mol. The van der Waals surface area contributed by atoms with Gasteiger partial charge in [0.15, 0.2) is 0 Å². The maximum Gasteiger partial charge on any atom is 0.148 e. The minimum absolute atomic E-state index is 0.